The predicted molar refractivity (Wildman–Crippen MR) is 114 cm³/mol. The summed E-state index contributed by atoms with van der Waals surface area (Å²) in [6.07, 6.45) is 1.76. The van der Waals surface area contributed by atoms with Gasteiger partial charge in [0.05, 0.1) is 10.5 Å². The van der Waals surface area contributed by atoms with E-state index >= 15 is 0 Å². The number of nitrogens with zero attached hydrogens (tertiary/aromatic N) is 3. The van der Waals surface area contributed by atoms with Crippen molar-refractivity contribution in [1.82, 2.24) is 20.1 Å². The Hall–Kier alpha value is -3.45. The lowest BCUT2D eigenvalue weighted by molar-refractivity contribution is 0.204. The SMILES string of the molecule is Cc1cc(-c2n[nH]c3cc4c(cc23)CN(Cc2ccc(F)c(Cl)c2)C(=O)N4)ccn1. The third kappa shape index (κ3) is 3.27. The lowest BCUT2D eigenvalue weighted by Gasteiger charge is -2.29. The molecule has 0 bridgehead atoms. The fraction of sp³-hybridized carbons (Fsp3) is 0.136. The Balaban J connectivity index is 1.49. The molecule has 1 aliphatic rings. The molecule has 0 unspecified atom stereocenters. The number of rotatable bonds is 3. The van der Waals surface area contributed by atoms with Crippen molar-refractivity contribution in [1.29, 1.82) is 0 Å². The second-order valence-corrected chi connectivity index (χ2v) is 7.75. The van der Waals surface area contributed by atoms with Crippen molar-refractivity contribution in [2.45, 2.75) is 20.0 Å². The largest absolute Gasteiger partial charge is 0.322 e. The molecule has 6 nitrogen and oxygen atoms in total. The van der Waals surface area contributed by atoms with Crippen LogP contribution in [-0.4, -0.2) is 26.1 Å². The minimum absolute atomic E-state index is 0.0442. The van der Waals surface area contributed by atoms with Gasteiger partial charge in [-0.15, -0.1) is 0 Å². The minimum Gasteiger partial charge on any atom is -0.316 e. The number of halogens is 2. The van der Waals surface area contributed by atoms with E-state index in [-0.39, 0.29) is 11.1 Å². The van der Waals surface area contributed by atoms with Gasteiger partial charge in [0.1, 0.15) is 11.5 Å². The van der Waals surface area contributed by atoms with E-state index in [1.54, 1.807) is 23.2 Å². The van der Waals surface area contributed by atoms with Crippen LogP contribution in [0.2, 0.25) is 5.02 Å². The van der Waals surface area contributed by atoms with Gasteiger partial charge in [-0.25, -0.2) is 9.18 Å². The smallest absolute Gasteiger partial charge is 0.316 e. The molecule has 2 aromatic heterocycles. The van der Waals surface area contributed by atoms with Crippen LogP contribution in [0.5, 0.6) is 0 Å². The van der Waals surface area contributed by atoms with Gasteiger partial charge in [0, 0.05) is 41.6 Å². The van der Waals surface area contributed by atoms with E-state index in [9.17, 15) is 9.18 Å². The summed E-state index contributed by atoms with van der Waals surface area (Å²) in [7, 11) is 0. The number of carbonyl (C=O) groups is 1. The molecule has 0 spiro atoms. The molecule has 4 aromatic rings. The summed E-state index contributed by atoms with van der Waals surface area (Å²) in [6.45, 7) is 2.69. The average Bonchev–Trinajstić information content (AvgIpc) is 3.12. The Morgan fingerprint density at radius 1 is 1.20 bits per heavy atom. The van der Waals surface area contributed by atoms with Crippen LogP contribution in [0.1, 0.15) is 16.8 Å². The molecule has 8 heteroatoms. The molecule has 1 aliphatic heterocycles. The van der Waals surface area contributed by atoms with Gasteiger partial charge in [-0.05, 0) is 54.4 Å². The molecule has 150 valence electrons. The van der Waals surface area contributed by atoms with Gasteiger partial charge in [-0.1, -0.05) is 17.7 Å². The molecular weight excluding hydrogens is 405 g/mol. The number of fused-ring (bicyclic) bond motifs is 2. The van der Waals surface area contributed by atoms with Gasteiger partial charge >= 0.3 is 6.03 Å². The predicted octanol–water partition coefficient (Wildman–Crippen LogP) is 5.27. The third-order valence-electron chi connectivity index (χ3n) is 5.20. The number of anilines is 1. The highest BCUT2D eigenvalue weighted by atomic mass is 35.5. The van der Waals surface area contributed by atoms with Gasteiger partial charge in [0.25, 0.3) is 0 Å². The zero-order valence-corrected chi connectivity index (χ0v) is 16.8. The van der Waals surface area contributed by atoms with Crippen LogP contribution in [0.3, 0.4) is 0 Å². The Morgan fingerprint density at radius 3 is 2.87 bits per heavy atom. The second kappa shape index (κ2) is 7.11. The number of carbonyl (C=O) groups excluding carboxylic acids is 1. The van der Waals surface area contributed by atoms with Crippen molar-refractivity contribution in [2.75, 3.05) is 5.32 Å². The fourth-order valence-electron chi connectivity index (χ4n) is 3.73. The van der Waals surface area contributed by atoms with Crippen LogP contribution in [-0.2, 0) is 13.1 Å². The Bertz CT molecular complexity index is 1300. The highest BCUT2D eigenvalue weighted by Crippen LogP contribution is 2.33. The topological polar surface area (TPSA) is 73.9 Å². The third-order valence-corrected chi connectivity index (χ3v) is 5.49. The van der Waals surface area contributed by atoms with Gasteiger partial charge in [-0.2, -0.15) is 5.10 Å². The molecule has 2 amide bonds. The standard InChI is InChI=1S/C22H17ClFN5O/c1-12-6-14(4-5-25-12)21-16-8-15-11-29(10-13-2-3-18(24)17(23)7-13)22(30)26-19(15)9-20(16)27-28-21/h2-9H,10-11H2,1H3,(H,26,30)(H,27,28). The number of hydrogen-bond donors (Lipinski definition) is 2. The number of H-pyrrole nitrogens is 1. The molecule has 30 heavy (non-hydrogen) atoms. The Morgan fingerprint density at radius 2 is 2.07 bits per heavy atom. The van der Waals surface area contributed by atoms with Crippen LogP contribution >= 0.6 is 11.6 Å². The quantitative estimate of drug-likeness (QED) is 0.473. The number of amides is 2. The lowest BCUT2D eigenvalue weighted by atomic mass is 10.0. The van der Waals surface area contributed by atoms with E-state index in [2.05, 4.69) is 20.5 Å². The fourth-order valence-corrected chi connectivity index (χ4v) is 3.93. The number of aromatic nitrogens is 3. The number of aryl methyl sites for hydroxylation is 1. The maximum atomic E-state index is 13.4. The number of urea groups is 1. The zero-order valence-electron chi connectivity index (χ0n) is 16.0. The number of benzene rings is 2. The van der Waals surface area contributed by atoms with Crippen molar-refractivity contribution >= 4 is 34.2 Å². The molecular formula is C22H17ClFN5O. The van der Waals surface area contributed by atoms with E-state index in [4.69, 9.17) is 11.6 Å². The second-order valence-electron chi connectivity index (χ2n) is 7.35. The van der Waals surface area contributed by atoms with Crippen LogP contribution in [0.15, 0.2) is 48.7 Å². The van der Waals surface area contributed by atoms with Crippen LogP contribution in [0, 0.1) is 12.7 Å². The van der Waals surface area contributed by atoms with Gasteiger partial charge in [0.15, 0.2) is 0 Å². The molecule has 0 fully saturated rings. The van der Waals surface area contributed by atoms with E-state index in [0.29, 0.717) is 13.1 Å². The Kier molecular flexibility index (Phi) is 4.40. The summed E-state index contributed by atoms with van der Waals surface area (Å²) < 4.78 is 13.4. The highest BCUT2D eigenvalue weighted by Gasteiger charge is 2.24. The van der Waals surface area contributed by atoms with Crippen molar-refractivity contribution in [3.05, 3.63) is 76.3 Å². The molecule has 0 atom stereocenters. The summed E-state index contributed by atoms with van der Waals surface area (Å²) >= 11 is 5.88. The highest BCUT2D eigenvalue weighted by molar-refractivity contribution is 6.30. The van der Waals surface area contributed by atoms with Gasteiger partial charge in [-0.3, -0.25) is 10.1 Å². The van der Waals surface area contributed by atoms with Crippen molar-refractivity contribution in [3.63, 3.8) is 0 Å². The normalized spacial score (nSPS) is 13.4. The van der Waals surface area contributed by atoms with Gasteiger partial charge < -0.3 is 10.2 Å². The number of nitrogens with one attached hydrogen (secondary N) is 2. The van der Waals surface area contributed by atoms with Crippen molar-refractivity contribution in [2.24, 2.45) is 0 Å². The van der Waals surface area contributed by atoms with Crippen LogP contribution in [0.4, 0.5) is 14.9 Å². The summed E-state index contributed by atoms with van der Waals surface area (Å²) in [5, 5.41) is 11.5. The van der Waals surface area contributed by atoms with Gasteiger partial charge in [0.2, 0.25) is 0 Å². The first-order chi connectivity index (χ1) is 14.5. The maximum Gasteiger partial charge on any atom is 0.322 e. The first kappa shape index (κ1) is 18.6. The minimum atomic E-state index is -0.477. The van der Waals surface area contributed by atoms with Crippen molar-refractivity contribution < 1.29 is 9.18 Å². The Labute approximate surface area is 176 Å². The summed E-state index contributed by atoms with van der Waals surface area (Å²) in [4.78, 5) is 18.5. The number of hydrogen-bond acceptors (Lipinski definition) is 3. The van der Waals surface area contributed by atoms with E-state index in [1.807, 2.05) is 31.2 Å². The van der Waals surface area contributed by atoms with Crippen LogP contribution in [0.25, 0.3) is 22.2 Å². The first-order valence-electron chi connectivity index (χ1n) is 9.42. The van der Waals surface area contributed by atoms with E-state index in [1.165, 1.54) is 6.07 Å². The summed E-state index contributed by atoms with van der Waals surface area (Å²) in [5.41, 5.74) is 6.07. The first-order valence-corrected chi connectivity index (χ1v) is 9.79. The average molecular weight is 422 g/mol. The monoisotopic (exact) mass is 421 g/mol. The molecule has 3 heterocycles. The molecule has 0 radical (unpaired) electrons. The summed E-state index contributed by atoms with van der Waals surface area (Å²) in [5.74, 6) is -0.477. The number of pyridine rings is 1. The van der Waals surface area contributed by atoms with Crippen molar-refractivity contribution in [3.8, 4) is 11.3 Å². The molecule has 0 saturated carbocycles. The summed E-state index contributed by atoms with van der Waals surface area (Å²) in [6, 6.07) is 12.1. The lowest BCUT2D eigenvalue weighted by Crippen LogP contribution is -2.38. The molecule has 2 N–H and O–H groups in total. The molecule has 0 aliphatic carbocycles. The zero-order chi connectivity index (χ0) is 20.8. The van der Waals surface area contributed by atoms with Crippen LogP contribution < -0.4 is 5.32 Å². The van der Waals surface area contributed by atoms with E-state index < -0.39 is 5.82 Å². The molecule has 2 aromatic carbocycles. The molecule has 5 rings (SSSR count). The van der Waals surface area contributed by atoms with E-state index in [0.717, 1.165) is 44.7 Å². The maximum absolute atomic E-state index is 13.4. The number of aromatic amines is 1. The molecule has 0 saturated heterocycles.